The van der Waals surface area contributed by atoms with Gasteiger partial charge in [-0.25, -0.2) is 4.98 Å². The normalized spacial score (nSPS) is 12.1. The van der Waals surface area contributed by atoms with Crippen molar-refractivity contribution in [1.29, 1.82) is 0 Å². The summed E-state index contributed by atoms with van der Waals surface area (Å²) in [5, 5.41) is 3.22. The Morgan fingerprint density at radius 1 is 1.67 bits per heavy atom. The van der Waals surface area contributed by atoms with Gasteiger partial charge in [0.1, 0.15) is 5.82 Å². The first-order chi connectivity index (χ1) is 7.13. The molecule has 1 atom stereocenters. The Hall–Kier alpha value is -1.23. The number of primary amides is 1. The Bertz CT molecular complexity index is 326. The Morgan fingerprint density at radius 3 is 2.87 bits per heavy atom. The largest absolute Gasteiger partial charge is 0.367 e. The standard InChI is InChI=1S/C10H15N3OS/c1-7(6-15-2)13-9-4-3-8(5-12-9)10(11)14/h3-5,7H,6H2,1-2H3,(H2,11,14)(H,12,13). The summed E-state index contributed by atoms with van der Waals surface area (Å²) in [5.41, 5.74) is 5.54. The first kappa shape index (κ1) is 11.8. The molecule has 0 bridgehead atoms. The topological polar surface area (TPSA) is 68.0 Å². The summed E-state index contributed by atoms with van der Waals surface area (Å²) in [6.45, 7) is 2.08. The van der Waals surface area contributed by atoms with Gasteiger partial charge in [0.25, 0.3) is 0 Å². The van der Waals surface area contributed by atoms with Gasteiger partial charge < -0.3 is 11.1 Å². The maximum Gasteiger partial charge on any atom is 0.250 e. The second-order valence-electron chi connectivity index (χ2n) is 3.30. The van der Waals surface area contributed by atoms with Crippen LogP contribution in [0, 0.1) is 0 Å². The number of nitrogens with two attached hydrogens (primary N) is 1. The van der Waals surface area contributed by atoms with E-state index < -0.39 is 5.91 Å². The van der Waals surface area contributed by atoms with Gasteiger partial charge in [0.15, 0.2) is 0 Å². The lowest BCUT2D eigenvalue weighted by atomic mass is 10.2. The Labute approximate surface area is 93.7 Å². The molecule has 1 heterocycles. The van der Waals surface area contributed by atoms with Crippen molar-refractivity contribution in [2.24, 2.45) is 5.73 Å². The van der Waals surface area contributed by atoms with Gasteiger partial charge in [0.2, 0.25) is 5.91 Å². The average Bonchev–Trinajstić information content (AvgIpc) is 2.18. The Morgan fingerprint density at radius 2 is 2.40 bits per heavy atom. The zero-order chi connectivity index (χ0) is 11.3. The SMILES string of the molecule is CSCC(C)Nc1ccc(C(N)=O)cn1. The highest BCUT2D eigenvalue weighted by molar-refractivity contribution is 7.98. The first-order valence-corrected chi connectivity index (χ1v) is 6.04. The number of pyridine rings is 1. The fourth-order valence-electron chi connectivity index (χ4n) is 1.17. The number of hydrogen-bond donors (Lipinski definition) is 2. The van der Waals surface area contributed by atoms with Crippen LogP contribution in [0.5, 0.6) is 0 Å². The summed E-state index contributed by atoms with van der Waals surface area (Å²) < 4.78 is 0. The van der Waals surface area contributed by atoms with Crippen molar-refractivity contribution >= 4 is 23.5 Å². The fraction of sp³-hybridized carbons (Fsp3) is 0.400. The number of anilines is 1. The monoisotopic (exact) mass is 225 g/mol. The molecule has 0 aliphatic carbocycles. The van der Waals surface area contributed by atoms with Crippen molar-refractivity contribution in [3.05, 3.63) is 23.9 Å². The molecule has 0 saturated heterocycles. The van der Waals surface area contributed by atoms with Crippen LogP contribution in [-0.4, -0.2) is 28.9 Å². The summed E-state index contributed by atoms with van der Waals surface area (Å²) in [5.74, 6) is 1.33. The molecule has 1 aromatic rings. The first-order valence-electron chi connectivity index (χ1n) is 4.65. The molecule has 82 valence electrons. The number of amides is 1. The van der Waals surface area contributed by atoms with Crippen LogP contribution in [0.15, 0.2) is 18.3 Å². The van der Waals surface area contributed by atoms with Crippen LogP contribution in [0.2, 0.25) is 0 Å². The molecule has 1 aromatic heterocycles. The van der Waals surface area contributed by atoms with E-state index in [1.807, 2.05) is 0 Å². The Kier molecular flexibility index (Phi) is 4.42. The van der Waals surface area contributed by atoms with E-state index in [9.17, 15) is 4.79 Å². The average molecular weight is 225 g/mol. The third-order valence-corrected chi connectivity index (χ3v) is 2.69. The second-order valence-corrected chi connectivity index (χ2v) is 4.21. The van der Waals surface area contributed by atoms with Gasteiger partial charge >= 0.3 is 0 Å². The highest BCUT2D eigenvalue weighted by atomic mass is 32.2. The van der Waals surface area contributed by atoms with Crippen molar-refractivity contribution in [1.82, 2.24) is 4.98 Å². The Balaban J connectivity index is 2.60. The molecule has 5 heteroatoms. The molecule has 0 aliphatic rings. The second kappa shape index (κ2) is 5.60. The van der Waals surface area contributed by atoms with Crippen molar-refractivity contribution in [2.45, 2.75) is 13.0 Å². The molecule has 0 radical (unpaired) electrons. The number of carbonyl (C=O) groups excluding carboxylic acids is 1. The molecule has 0 fully saturated rings. The molecule has 1 rings (SSSR count). The highest BCUT2D eigenvalue weighted by Gasteiger charge is 2.03. The van der Waals surface area contributed by atoms with Crippen LogP contribution < -0.4 is 11.1 Å². The van der Waals surface area contributed by atoms with E-state index in [0.29, 0.717) is 11.6 Å². The van der Waals surface area contributed by atoms with Gasteiger partial charge in [-0.05, 0) is 25.3 Å². The molecule has 0 aromatic carbocycles. The molecule has 15 heavy (non-hydrogen) atoms. The minimum Gasteiger partial charge on any atom is -0.367 e. The smallest absolute Gasteiger partial charge is 0.250 e. The van der Waals surface area contributed by atoms with Crippen molar-refractivity contribution in [3.8, 4) is 0 Å². The van der Waals surface area contributed by atoms with Crippen LogP contribution in [0.25, 0.3) is 0 Å². The van der Waals surface area contributed by atoms with E-state index in [2.05, 4.69) is 23.5 Å². The van der Waals surface area contributed by atoms with E-state index in [4.69, 9.17) is 5.73 Å². The molecular formula is C10H15N3OS. The molecule has 0 saturated carbocycles. The third-order valence-electron chi connectivity index (χ3n) is 1.86. The van der Waals surface area contributed by atoms with Crippen molar-refractivity contribution in [3.63, 3.8) is 0 Å². The summed E-state index contributed by atoms with van der Waals surface area (Å²) in [7, 11) is 0. The number of nitrogens with zero attached hydrogens (tertiary/aromatic N) is 1. The predicted molar refractivity (Wildman–Crippen MR) is 64.2 cm³/mol. The summed E-state index contributed by atoms with van der Waals surface area (Å²) in [6.07, 6.45) is 3.54. The van der Waals surface area contributed by atoms with Gasteiger partial charge in [-0.1, -0.05) is 0 Å². The number of rotatable bonds is 5. The predicted octanol–water partition coefficient (Wildman–Crippen LogP) is 1.34. The molecular weight excluding hydrogens is 210 g/mol. The van der Waals surface area contributed by atoms with Gasteiger partial charge in [-0.15, -0.1) is 0 Å². The van der Waals surface area contributed by atoms with Gasteiger partial charge in [0, 0.05) is 18.0 Å². The van der Waals surface area contributed by atoms with Crippen molar-refractivity contribution in [2.75, 3.05) is 17.3 Å². The minimum atomic E-state index is -0.453. The van der Waals surface area contributed by atoms with E-state index in [-0.39, 0.29) is 0 Å². The lowest BCUT2D eigenvalue weighted by Crippen LogP contribution is -2.19. The fourth-order valence-corrected chi connectivity index (χ4v) is 1.75. The number of hydrogen-bond acceptors (Lipinski definition) is 4. The highest BCUT2D eigenvalue weighted by Crippen LogP contribution is 2.08. The number of aromatic nitrogens is 1. The molecule has 1 amide bonds. The molecule has 4 nitrogen and oxygen atoms in total. The maximum atomic E-state index is 10.8. The van der Waals surface area contributed by atoms with Crippen LogP contribution in [0.4, 0.5) is 5.82 Å². The molecule has 0 spiro atoms. The molecule has 3 N–H and O–H groups in total. The summed E-state index contributed by atoms with van der Waals surface area (Å²) in [4.78, 5) is 14.9. The quantitative estimate of drug-likeness (QED) is 0.793. The molecule has 0 aliphatic heterocycles. The van der Waals surface area contributed by atoms with E-state index in [0.717, 1.165) is 11.6 Å². The van der Waals surface area contributed by atoms with Crippen LogP contribution in [0.3, 0.4) is 0 Å². The minimum absolute atomic E-state index is 0.354. The maximum absolute atomic E-state index is 10.8. The van der Waals surface area contributed by atoms with Crippen LogP contribution in [0.1, 0.15) is 17.3 Å². The van der Waals surface area contributed by atoms with Crippen LogP contribution in [-0.2, 0) is 0 Å². The third kappa shape index (κ3) is 3.79. The lowest BCUT2D eigenvalue weighted by Gasteiger charge is -2.12. The van der Waals surface area contributed by atoms with E-state index in [1.54, 1.807) is 23.9 Å². The number of thioether (sulfide) groups is 1. The zero-order valence-corrected chi connectivity index (χ0v) is 9.67. The lowest BCUT2D eigenvalue weighted by molar-refractivity contribution is 0.1000. The van der Waals surface area contributed by atoms with Gasteiger partial charge in [-0.2, -0.15) is 11.8 Å². The number of nitrogens with one attached hydrogen (secondary N) is 1. The van der Waals surface area contributed by atoms with E-state index >= 15 is 0 Å². The van der Waals surface area contributed by atoms with Gasteiger partial charge in [0.05, 0.1) is 5.56 Å². The number of carbonyl (C=O) groups is 1. The van der Waals surface area contributed by atoms with Crippen LogP contribution >= 0.6 is 11.8 Å². The summed E-state index contributed by atoms with van der Waals surface area (Å²) >= 11 is 1.77. The van der Waals surface area contributed by atoms with Crippen molar-refractivity contribution < 1.29 is 4.79 Å². The van der Waals surface area contributed by atoms with Gasteiger partial charge in [-0.3, -0.25) is 4.79 Å². The molecule has 1 unspecified atom stereocenters. The van der Waals surface area contributed by atoms with E-state index in [1.165, 1.54) is 6.20 Å². The summed E-state index contributed by atoms with van der Waals surface area (Å²) in [6, 6.07) is 3.78. The zero-order valence-electron chi connectivity index (χ0n) is 8.86.